The fourth-order valence-corrected chi connectivity index (χ4v) is 3.10. The number of hydrogen-bond acceptors (Lipinski definition) is 2. The van der Waals surface area contributed by atoms with Crippen molar-refractivity contribution in [2.75, 3.05) is 7.11 Å². The third-order valence-electron chi connectivity index (χ3n) is 4.30. The highest BCUT2D eigenvalue weighted by Crippen LogP contribution is 2.41. The van der Waals surface area contributed by atoms with Crippen molar-refractivity contribution < 1.29 is 4.74 Å². The monoisotopic (exact) mass is 247 g/mol. The number of rotatable bonds is 5. The minimum Gasteiger partial charge on any atom is -0.376 e. The Morgan fingerprint density at radius 3 is 2.33 bits per heavy atom. The fourth-order valence-electron chi connectivity index (χ4n) is 3.10. The van der Waals surface area contributed by atoms with Crippen molar-refractivity contribution in [2.24, 2.45) is 5.73 Å². The molecular formula is C16H25NO. The molecular weight excluding hydrogens is 222 g/mol. The molecule has 1 aromatic rings. The van der Waals surface area contributed by atoms with E-state index >= 15 is 0 Å². The van der Waals surface area contributed by atoms with Crippen LogP contribution in [0, 0.1) is 0 Å². The van der Waals surface area contributed by atoms with Gasteiger partial charge in [-0.15, -0.1) is 0 Å². The Morgan fingerprint density at radius 2 is 1.83 bits per heavy atom. The Bertz CT molecular complexity index is 365. The number of hydrogen-bond donors (Lipinski definition) is 1. The molecule has 0 bridgehead atoms. The van der Waals surface area contributed by atoms with Crippen molar-refractivity contribution in [2.45, 2.75) is 57.1 Å². The van der Waals surface area contributed by atoms with Crippen molar-refractivity contribution in [1.82, 2.24) is 0 Å². The van der Waals surface area contributed by atoms with Crippen LogP contribution in [0.2, 0.25) is 0 Å². The molecule has 18 heavy (non-hydrogen) atoms. The van der Waals surface area contributed by atoms with Gasteiger partial charge in [-0.3, -0.25) is 0 Å². The summed E-state index contributed by atoms with van der Waals surface area (Å²) in [4.78, 5) is 0. The SMILES string of the molecule is CCCc1ccc(C(N)C2(OC)CCCC2)cc1. The Morgan fingerprint density at radius 1 is 1.22 bits per heavy atom. The number of aryl methyl sites for hydroxylation is 1. The fraction of sp³-hybridized carbons (Fsp3) is 0.625. The molecule has 0 heterocycles. The summed E-state index contributed by atoms with van der Waals surface area (Å²) in [5.74, 6) is 0. The second kappa shape index (κ2) is 5.85. The van der Waals surface area contributed by atoms with Gasteiger partial charge < -0.3 is 10.5 Å². The van der Waals surface area contributed by atoms with Crippen LogP contribution in [0.5, 0.6) is 0 Å². The van der Waals surface area contributed by atoms with Crippen molar-refractivity contribution >= 4 is 0 Å². The Balaban J connectivity index is 2.14. The molecule has 1 fully saturated rings. The maximum atomic E-state index is 6.44. The normalized spacial score (nSPS) is 19.9. The first-order valence-electron chi connectivity index (χ1n) is 7.11. The molecule has 2 heteroatoms. The highest BCUT2D eigenvalue weighted by Gasteiger charge is 2.40. The summed E-state index contributed by atoms with van der Waals surface area (Å²) in [5.41, 5.74) is 8.91. The third kappa shape index (κ3) is 2.60. The second-order valence-electron chi connectivity index (χ2n) is 5.45. The minimum absolute atomic E-state index is 0.000626. The quantitative estimate of drug-likeness (QED) is 0.863. The topological polar surface area (TPSA) is 35.2 Å². The standard InChI is InChI=1S/C16H25NO/c1-3-6-13-7-9-14(10-8-13)15(17)16(18-2)11-4-5-12-16/h7-10,15H,3-6,11-12,17H2,1-2H3. The van der Waals surface area contributed by atoms with Crippen LogP contribution in [0.3, 0.4) is 0 Å². The van der Waals surface area contributed by atoms with E-state index in [2.05, 4.69) is 31.2 Å². The van der Waals surface area contributed by atoms with Crippen LogP contribution >= 0.6 is 0 Å². The van der Waals surface area contributed by atoms with Crippen LogP contribution in [0.15, 0.2) is 24.3 Å². The molecule has 2 N–H and O–H groups in total. The van der Waals surface area contributed by atoms with Crippen molar-refractivity contribution in [3.8, 4) is 0 Å². The van der Waals surface area contributed by atoms with E-state index in [1.165, 1.54) is 30.4 Å². The lowest BCUT2D eigenvalue weighted by Crippen LogP contribution is -2.40. The summed E-state index contributed by atoms with van der Waals surface area (Å²) in [5, 5.41) is 0. The molecule has 1 aliphatic rings. The average Bonchev–Trinajstić information content (AvgIpc) is 2.89. The second-order valence-corrected chi connectivity index (χ2v) is 5.45. The first kappa shape index (κ1) is 13.6. The smallest absolute Gasteiger partial charge is 0.0870 e. The molecule has 0 amide bonds. The van der Waals surface area contributed by atoms with Gasteiger partial charge in [-0.05, 0) is 30.4 Å². The van der Waals surface area contributed by atoms with Gasteiger partial charge in [0.25, 0.3) is 0 Å². The van der Waals surface area contributed by atoms with E-state index in [4.69, 9.17) is 10.5 Å². The van der Waals surface area contributed by atoms with Crippen LogP contribution in [-0.2, 0) is 11.2 Å². The molecule has 0 aliphatic heterocycles. The molecule has 2 rings (SSSR count). The summed E-state index contributed by atoms with van der Waals surface area (Å²) in [6.45, 7) is 2.21. The van der Waals surface area contributed by atoms with Crippen LogP contribution in [0.1, 0.15) is 56.2 Å². The molecule has 0 aromatic heterocycles. The number of benzene rings is 1. The van der Waals surface area contributed by atoms with Gasteiger partial charge >= 0.3 is 0 Å². The average molecular weight is 247 g/mol. The highest BCUT2D eigenvalue weighted by molar-refractivity contribution is 5.27. The first-order valence-corrected chi connectivity index (χ1v) is 7.11. The zero-order chi connectivity index (χ0) is 13.0. The zero-order valence-electron chi connectivity index (χ0n) is 11.6. The molecule has 0 spiro atoms. The molecule has 1 aliphatic carbocycles. The van der Waals surface area contributed by atoms with Crippen molar-refractivity contribution in [1.29, 1.82) is 0 Å². The first-order chi connectivity index (χ1) is 8.72. The van der Waals surface area contributed by atoms with E-state index in [0.717, 1.165) is 19.3 Å². The molecule has 1 atom stereocenters. The number of nitrogens with two attached hydrogens (primary N) is 1. The Hall–Kier alpha value is -0.860. The number of ether oxygens (including phenoxy) is 1. The summed E-state index contributed by atoms with van der Waals surface area (Å²) in [6.07, 6.45) is 6.96. The van der Waals surface area contributed by atoms with Gasteiger partial charge in [-0.1, -0.05) is 50.5 Å². The van der Waals surface area contributed by atoms with Crippen LogP contribution in [0.4, 0.5) is 0 Å². The summed E-state index contributed by atoms with van der Waals surface area (Å²) >= 11 is 0. The molecule has 100 valence electrons. The zero-order valence-corrected chi connectivity index (χ0v) is 11.6. The van der Waals surface area contributed by atoms with Crippen LogP contribution in [-0.4, -0.2) is 12.7 Å². The van der Waals surface area contributed by atoms with Gasteiger partial charge in [0.15, 0.2) is 0 Å². The van der Waals surface area contributed by atoms with Gasteiger partial charge in [0.05, 0.1) is 11.6 Å². The lowest BCUT2D eigenvalue weighted by atomic mass is 9.87. The Labute approximate surface area is 111 Å². The van der Waals surface area contributed by atoms with E-state index in [9.17, 15) is 0 Å². The predicted octanol–water partition coefficient (Wildman–Crippen LogP) is 3.60. The molecule has 1 saturated carbocycles. The summed E-state index contributed by atoms with van der Waals surface area (Å²) in [6, 6.07) is 8.76. The molecule has 0 radical (unpaired) electrons. The van der Waals surface area contributed by atoms with E-state index < -0.39 is 0 Å². The van der Waals surface area contributed by atoms with Gasteiger partial charge in [0.1, 0.15) is 0 Å². The number of methoxy groups -OCH3 is 1. The Kier molecular flexibility index (Phi) is 4.41. The minimum atomic E-state index is -0.133. The van der Waals surface area contributed by atoms with Gasteiger partial charge in [0.2, 0.25) is 0 Å². The summed E-state index contributed by atoms with van der Waals surface area (Å²) in [7, 11) is 1.80. The maximum Gasteiger partial charge on any atom is 0.0870 e. The van der Waals surface area contributed by atoms with E-state index in [-0.39, 0.29) is 11.6 Å². The van der Waals surface area contributed by atoms with E-state index in [1.54, 1.807) is 7.11 Å². The summed E-state index contributed by atoms with van der Waals surface area (Å²) < 4.78 is 5.77. The van der Waals surface area contributed by atoms with Crippen molar-refractivity contribution in [3.05, 3.63) is 35.4 Å². The molecule has 1 aromatic carbocycles. The maximum absolute atomic E-state index is 6.44. The lowest BCUT2D eigenvalue weighted by Gasteiger charge is -2.34. The van der Waals surface area contributed by atoms with Crippen LogP contribution in [0.25, 0.3) is 0 Å². The van der Waals surface area contributed by atoms with Gasteiger partial charge in [-0.25, -0.2) is 0 Å². The molecule has 1 unspecified atom stereocenters. The largest absolute Gasteiger partial charge is 0.376 e. The molecule has 2 nitrogen and oxygen atoms in total. The van der Waals surface area contributed by atoms with Gasteiger partial charge in [0, 0.05) is 7.11 Å². The predicted molar refractivity (Wildman–Crippen MR) is 75.6 cm³/mol. The van der Waals surface area contributed by atoms with Crippen LogP contribution < -0.4 is 5.73 Å². The third-order valence-corrected chi connectivity index (χ3v) is 4.30. The highest BCUT2D eigenvalue weighted by atomic mass is 16.5. The lowest BCUT2D eigenvalue weighted by molar-refractivity contribution is -0.0264. The van der Waals surface area contributed by atoms with E-state index in [0.29, 0.717) is 0 Å². The molecule has 0 saturated heterocycles. The van der Waals surface area contributed by atoms with Crippen molar-refractivity contribution in [3.63, 3.8) is 0 Å². The van der Waals surface area contributed by atoms with Gasteiger partial charge in [-0.2, -0.15) is 0 Å². The van der Waals surface area contributed by atoms with E-state index in [1.807, 2.05) is 0 Å².